The van der Waals surface area contributed by atoms with E-state index in [1.165, 1.54) is 12.4 Å². The van der Waals surface area contributed by atoms with E-state index in [0.717, 1.165) is 13.1 Å². The summed E-state index contributed by atoms with van der Waals surface area (Å²) in [6, 6.07) is 0. The summed E-state index contributed by atoms with van der Waals surface area (Å²) < 4.78 is 42.6. The minimum atomic E-state index is -4.52. The van der Waals surface area contributed by atoms with Gasteiger partial charge in [0, 0.05) is 44.1 Å². The van der Waals surface area contributed by atoms with Crippen LogP contribution in [0.15, 0.2) is 12.4 Å². The van der Waals surface area contributed by atoms with Gasteiger partial charge in [0.05, 0.1) is 12.7 Å². The van der Waals surface area contributed by atoms with E-state index < -0.39 is 12.0 Å². The molecule has 0 spiro atoms. The molecular formula is C11H15F3N4O. The Kier molecular flexibility index (Phi) is 4.33. The molecule has 0 bridgehead atoms. The number of hydrogen-bond donors (Lipinski definition) is 1. The second-order valence-electron chi connectivity index (χ2n) is 4.29. The summed E-state index contributed by atoms with van der Waals surface area (Å²) in [4.78, 5) is 8.78. The van der Waals surface area contributed by atoms with Crippen LogP contribution in [0.5, 0.6) is 0 Å². The number of alkyl halides is 3. The van der Waals surface area contributed by atoms with Crippen molar-refractivity contribution in [1.82, 2.24) is 14.9 Å². The predicted molar refractivity (Wildman–Crippen MR) is 61.2 cm³/mol. The first-order valence-corrected chi connectivity index (χ1v) is 5.94. The summed E-state index contributed by atoms with van der Waals surface area (Å²) in [5.41, 5.74) is 6.03. The van der Waals surface area contributed by atoms with Gasteiger partial charge >= 0.3 is 6.18 Å². The summed E-state index contributed by atoms with van der Waals surface area (Å²) in [6.45, 7) is 3.16. The van der Waals surface area contributed by atoms with Crippen LogP contribution in [0.4, 0.5) is 13.2 Å². The van der Waals surface area contributed by atoms with E-state index in [-0.39, 0.29) is 6.10 Å². The molecule has 5 nitrogen and oxygen atoms in total. The molecular weight excluding hydrogens is 261 g/mol. The van der Waals surface area contributed by atoms with Crippen molar-refractivity contribution in [3.63, 3.8) is 0 Å². The third-order valence-corrected chi connectivity index (χ3v) is 2.89. The van der Waals surface area contributed by atoms with Crippen molar-refractivity contribution in [3.05, 3.63) is 23.8 Å². The third kappa shape index (κ3) is 3.62. The maximum absolute atomic E-state index is 12.3. The van der Waals surface area contributed by atoms with Crippen LogP contribution in [-0.2, 0) is 10.9 Å². The SMILES string of the molecule is NCCN1CCOC(c2cnc(C(F)(F)F)nc2)C1. The van der Waals surface area contributed by atoms with Crippen molar-refractivity contribution >= 4 is 0 Å². The van der Waals surface area contributed by atoms with Crippen molar-refractivity contribution in [2.24, 2.45) is 5.73 Å². The van der Waals surface area contributed by atoms with Crippen LogP contribution in [0.1, 0.15) is 17.5 Å². The number of ether oxygens (including phenoxy) is 1. The predicted octanol–water partition coefficient (Wildman–Crippen LogP) is 0.827. The first-order valence-electron chi connectivity index (χ1n) is 5.94. The van der Waals surface area contributed by atoms with Gasteiger partial charge < -0.3 is 10.5 Å². The van der Waals surface area contributed by atoms with Crippen LogP contribution >= 0.6 is 0 Å². The number of morpholine rings is 1. The standard InChI is InChI=1S/C11H15F3N4O/c12-11(13,14)10-16-5-8(6-17-10)9-7-18(2-1-15)3-4-19-9/h5-6,9H,1-4,7,15H2. The van der Waals surface area contributed by atoms with Gasteiger partial charge in [-0.3, -0.25) is 4.90 Å². The molecule has 1 aromatic rings. The Morgan fingerprint density at radius 3 is 2.63 bits per heavy atom. The number of halogens is 3. The maximum atomic E-state index is 12.3. The minimum Gasteiger partial charge on any atom is -0.371 e. The van der Waals surface area contributed by atoms with Gasteiger partial charge in [-0.05, 0) is 0 Å². The van der Waals surface area contributed by atoms with E-state index in [2.05, 4.69) is 14.9 Å². The van der Waals surface area contributed by atoms with Crippen molar-refractivity contribution < 1.29 is 17.9 Å². The number of nitrogens with two attached hydrogens (primary N) is 1. The summed E-state index contributed by atoms with van der Waals surface area (Å²) in [5, 5.41) is 0. The van der Waals surface area contributed by atoms with Crippen molar-refractivity contribution in [3.8, 4) is 0 Å². The molecule has 1 aliphatic heterocycles. The number of hydrogen-bond acceptors (Lipinski definition) is 5. The van der Waals surface area contributed by atoms with Crippen LogP contribution in [0.25, 0.3) is 0 Å². The minimum absolute atomic E-state index is 0.303. The molecule has 106 valence electrons. The highest BCUT2D eigenvalue weighted by Crippen LogP contribution is 2.27. The van der Waals surface area contributed by atoms with Crippen molar-refractivity contribution in [2.75, 3.05) is 32.8 Å². The molecule has 2 N–H and O–H groups in total. The lowest BCUT2D eigenvalue weighted by atomic mass is 10.1. The molecule has 1 aromatic heterocycles. The topological polar surface area (TPSA) is 64.3 Å². The molecule has 0 aliphatic carbocycles. The van der Waals surface area contributed by atoms with E-state index in [1.807, 2.05) is 0 Å². The largest absolute Gasteiger partial charge is 0.451 e. The molecule has 1 aliphatic rings. The third-order valence-electron chi connectivity index (χ3n) is 2.89. The Bertz CT molecular complexity index is 407. The van der Waals surface area contributed by atoms with Gasteiger partial charge in [0.2, 0.25) is 5.82 Å². The monoisotopic (exact) mass is 276 g/mol. The van der Waals surface area contributed by atoms with Crippen molar-refractivity contribution in [2.45, 2.75) is 12.3 Å². The van der Waals surface area contributed by atoms with Gasteiger partial charge in [0.25, 0.3) is 0 Å². The van der Waals surface area contributed by atoms with Gasteiger partial charge in [-0.25, -0.2) is 9.97 Å². The zero-order valence-electron chi connectivity index (χ0n) is 10.2. The molecule has 19 heavy (non-hydrogen) atoms. The second kappa shape index (κ2) is 5.81. The highest BCUT2D eigenvalue weighted by molar-refractivity contribution is 5.11. The molecule has 1 fully saturated rings. The van der Waals surface area contributed by atoms with Gasteiger partial charge in [-0.1, -0.05) is 0 Å². The number of rotatable bonds is 3. The van der Waals surface area contributed by atoms with Gasteiger partial charge in [-0.2, -0.15) is 13.2 Å². The molecule has 0 amide bonds. The summed E-state index contributed by atoms with van der Waals surface area (Å²) >= 11 is 0. The van der Waals surface area contributed by atoms with Gasteiger partial charge in [0.1, 0.15) is 0 Å². The highest BCUT2D eigenvalue weighted by atomic mass is 19.4. The Morgan fingerprint density at radius 1 is 1.37 bits per heavy atom. The van der Waals surface area contributed by atoms with Crippen LogP contribution in [0.2, 0.25) is 0 Å². The fourth-order valence-corrected chi connectivity index (χ4v) is 1.94. The second-order valence-corrected chi connectivity index (χ2v) is 4.29. The molecule has 2 rings (SSSR count). The van der Waals surface area contributed by atoms with Crippen molar-refractivity contribution in [1.29, 1.82) is 0 Å². The molecule has 1 atom stereocenters. The molecule has 0 radical (unpaired) electrons. The average molecular weight is 276 g/mol. The molecule has 2 heterocycles. The van der Waals surface area contributed by atoms with Gasteiger partial charge in [-0.15, -0.1) is 0 Å². The van der Waals surface area contributed by atoms with Crippen LogP contribution in [0, 0.1) is 0 Å². The Morgan fingerprint density at radius 2 is 2.05 bits per heavy atom. The smallest absolute Gasteiger partial charge is 0.371 e. The van der Waals surface area contributed by atoms with Gasteiger partial charge in [0.15, 0.2) is 0 Å². The van der Waals surface area contributed by atoms with Crippen LogP contribution < -0.4 is 5.73 Å². The first kappa shape index (κ1) is 14.2. The van der Waals surface area contributed by atoms with E-state index in [4.69, 9.17) is 10.5 Å². The molecule has 8 heteroatoms. The average Bonchev–Trinajstić information content (AvgIpc) is 2.39. The summed E-state index contributed by atoms with van der Waals surface area (Å²) in [6.07, 6.45) is -2.47. The quantitative estimate of drug-likeness (QED) is 0.885. The molecule has 0 saturated carbocycles. The lowest BCUT2D eigenvalue weighted by molar-refractivity contribution is -0.145. The fourth-order valence-electron chi connectivity index (χ4n) is 1.94. The Balaban J connectivity index is 2.05. The molecule has 0 aromatic carbocycles. The van der Waals surface area contributed by atoms with E-state index in [0.29, 0.717) is 25.3 Å². The first-order chi connectivity index (χ1) is 9.00. The normalized spacial score (nSPS) is 21.6. The Hall–Kier alpha value is -1.25. The summed E-state index contributed by atoms with van der Waals surface area (Å²) in [7, 11) is 0. The number of nitrogens with zero attached hydrogens (tertiary/aromatic N) is 3. The Labute approximate surface area is 108 Å². The lowest BCUT2D eigenvalue weighted by Gasteiger charge is -2.32. The maximum Gasteiger partial charge on any atom is 0.451 e. The number of aromatic nitrogens is 2. The molecule has 1 unspecified atom stereocenters. The highest BCUT2D eigenvalue weighted by Gasteiger charge is 2.34. The lowest BCUT2D eigenvalue weighted by Crippen LogP contribution is -2.41. The summed E-state index contributed by atoms with van der Waals surface area (Å²) in [5.74, 6) is -1.13. The van der Waals surface area contributed by atoms with E-state index in [1.54, 1.807) is 0 Å². The fraction of sp³-hybridized carbons (Fsp3) is 0.636. The zero-order valence-corrected chi connectivity index (χ0v) is 10.2. The van der Waals surface area contributed by atoms with Crippen LogP contribution in [0.3, 0.4) is 0 Å². The zero-order chi connectivity index (χ0) is 13.9. The van der Waals surface area contributed by atoms with E-state index in [9.17, 15) is 13.2 Å². The molecule has 1 saturated heterocycles. The van der Waals surface area contributed by atoms with E-state index >= 15 is 0 Å². The van der Waals surface area contributed by atoms with Crippen LogP contribution in [-0.4, -0.2) is 47.7 Å².